The summed E-state index contributed by atoms with van der Waals surface area (Å²) in [5, 5.41) is 3.44. The van der Waals surface area contributed by atoms with Crippen LogP contribution in [0.15, 0.2) is 28.7 Å². The first-order valence-electron chi connectivity index (χ1n) is 7.55. The maximum atomic E-state index is 5.69. The average Bonchev–Trinajstić information content (AvgIpc) is 2.78. The van der Waals surface area contributed by atoms with Crippen molar-refractivity contribution in [1.82, 2.24) is 5.32 Å². The second kappa shape index (κ2) is 5.45. The molecule has 0 bridgehead atoms. The van der Waals surface area contributed by atoms with E-state index in [1.807, 2.05) is 20.9 Å². The third-order valence-electron chi connectivity index (χ3n) is 4.38. The maximum Gasteiger partial charge on any atom is 0.106 e. The van der Waals surface area contributed by atoms with Gasteiger partial charge in [-0.1, -0.05) is 18.2 Å². The summed E-state index contributed by atoms with van der Waals surface area (Å²) in [6.07, 6.45) is 5.12. The van der Waals surface area contributed by atoms with Gasteiger partial charge in [0.2, 0.25) is 0 Å². The summed E-state index contributed by atoms with van der Waals surface area (Å²) in [6, 6.07) is 9.34. The number of hydrogen-bond donors (Lipinski definition) is 1. The van der Waals surface area contributed by atoms with E-state index < -0.39 is 0 Å². The minimum atomic E-state index is 0.222. The number of furan rings is 1. The monoisotopic (exact) mass is 269 g/mol. The molecule has 20 heavy (non-hydrogen) atoms. The second-order valence-electron chi connectivity index (χ2n) is 5.83. The number of fused-ring (bicyclic) bond motifs is 1. The van der Waals surface area contributed by atoms with E-state index in [9.17, 15) is 0 Å². The van der Waals surface area contributed by atoms with Gasteiger partial charge >= 0.3 is 0 Å². The molecular weight excluding hydrogens is 246 g/mol. The molecule has 0 spiro atoms. The molecule has 1 N–H and O–H groups in total. The number of hydrogen-bond acceptors (Lipinski definition) is 2. The van der Waals surface area contributed by atoms with Crippen molar-refractivity contribution < 1.29 is 4.42 Å². The molecule has 1 aliphatic rings. The van der Waals surface area contributed by atoms with Crippen LogP contribution in [0.2, 0.25) is 0 Å². The SMILES string of the molecule is CNC(c1ccc2c(c1)CCCC2)c1cc(C)oc1C. The Morgan fingerprint density at radius 1 is 1.05 bits per heavy atom. The lowest BCUT2D eigenvalue weighted by Gasteiger charge is -2.21. The van der Waals surface area contributed by atoms with E-state index in [1.54, 1.807) is 0 Å². The zero-order chi connectivity index (χ0) is 14.1. The summed E-state index contributed by atoms with van der Waals surface area (Å²) >= 11 is 0. The van der Waals surface area contributed by atoms with Crippen molar-refractivity contribution in [2.75, 3.05) is 7.05 Å². The number of nitrogens with one attached hydrogen (secondary N) is 1. The van der Waals surface area contributed by atoms with Gasteiger partial charge in [-0.05, 0) is 69.3 Å². The van der Waals surface area contributed by atoms with Gasteiger partial charge in [-0.15, -0.1) is 0 Å². The lowest BCUT2D eigenvalue weighted by Crippen LogP contribution is -2.18. The van der Waals surface area contributed by atoms with Crippen LogP contribution >= 0.6 is 0 Å². The molecule has 0 saturated carbocycles. The third-order valence-corrected chi connectivity index (χ3v) is 4.38. The summed E-state index contributed by atoms with van der Waals surface area (Å²) in [6.45, 7) is 4.06. The molecule has 1 heterocycles. The number of aryl methyl sites for hydroxylation is 4. The largest absolute Gasteiger partial charge is 0.466 e. The van der Waals surface area contributed by atoms with Crippen LogP contribution < -0.4 is 5.32 Å². The van der Waals surface area contributed by atoms with Crippen molar-refractivity contribution >= 4 is 0 Å². The molecule has 3 rings (SSSR count). The molecule has 1 aromatic carbocycles. The van der Waals surface area contributed by atoms with Crippen LogP contribution in [-0.4, -0.2) is 7.05 Å². The molecule has 106 valence electrons. The van der Waals surface area contributed by atoms with Crippen LogP contribution in [0.1, 0.15) is 52.7 Å². The molecule has 0 saturated heterocycles. The van der Waals surface area contributed by atoms with Crippen LogP contribution in [0.5, 0.6) is 0 Å². The minimum absolute atomic E-state index is 0.222. The van der Waals surface area contributed by atoms with E-state index in [0.29, 0.717) is 0 Å². The Bertz CT molecular complexity index is 612. The van der Waals surface area contributed by atoms with Gasteiger partial charge in [0, 0.05) is 5.56 Å². The van der Waals surface area contributed by atoms with Gasteiger partial charge in [0.1, 0.15) is 11.5 Å². The van der Waals surface area contributed by atoms with Gasteiger partial charge in [0.15, 0.2) is 0 Å². The summed E-state index contributed by atoms with van der Waals surface area (Å²) in [4.78, 5) is 0. The molecule has 1 aromatic heterocycles. The predicted octanol–water partition coefficient (Wildman–Crippen LogP) is 4.08. The zero-order valence-corrected chi connectivity index (χ0v) is 12.6. The Morgan fingerprint density at radius 3 is 2.45 bits per heavy atom. The quantitative estimate of drug-likeness (QED) is 0.908. The smallest absolute Gasteiger partial charge is 0.106 e. The van der Waals surface area contributed by atoms with Crippen molar-refractivity contribution in [2.45, 2.75) is 45.6 Å². The summed E-state index contributed by atoms with van der Waals surface area (Å²) in [7, 11) is 2.02. The minimum Gasteiger partial charge on any atom is -0.466 e. The lowest BCUT2D eigenvalue weighted by molar-refractivity contribution is 0.497. The zero-order valence-electron chi connectivity index (χ0n) is 12.6. The molecule has 1 unspecified atom stereocenters. The fourth-order valence-electron chi connectivity index (χ4n) is 3.37. The van der Waals surface area contributed by atoms with Gasteiger partial charge in [0.25, 0.3) is 0 Å². The lowest BCUT2D eigenvalue weighted by atomic mass is 9.88. The highest BCUT2D eigenvalue weighted by atomic mass is 16.3. The first-order chi connectivity index (χ1) is 9.69. The Labute approximate surface area is 121 Å². The molecular formula is C18H23NO. The molecule has 2 aromatic rings. The molecule has 1 aliphatic carbocycles. The molecule has 0 radical (unpaired) electrons. The summed E-state index contributed by atoms with van der Waals surface area (Å²) in [5.41, 5.74) is 5.67. The highest BCUT2D eigenvalue weighted by molar-refractivity contribution is 5.40. The van der Waals surface area contributed by atoms with Gasteiger partial charge in [-0.3, -0.25) is 0 Å². The number of benzene rings is 1. The molecule has 2 nitrogen and oxygen atoms in total. The van der Waals surface area contributed by atoms with Crippen LogP contribution in [0, 0.1) is 13.8 Å². The van der Waals surface area contributed by atoms with Gasteiger partial charge in [-0.2, -0.15) is 0 Å². The molecule has 0 fully saturated rings. The molecule has 2 heteroatoms. The van der Waals surface area contributed by atoms with E-state index in [2.05, 4.69) is 29.6 Å². The Morgan fingerprint density at radius 2 is 1.80 bits per heavy atom. The van der Waals surface area contributed by atoms with Crippen molar-refractivity contribution in [3.63, 3.8) is 0 Å². The van der Waals surface area contributed by atoms with Crippen molar-refractivity contribution in [3.8, 4) is 0 Å². The maximum absolute atomic E-state index is 5.69. The standard InChI is InChI=1S/C18H23NO/c1-12-10-17(13(2)20-12)18(19-3)16-9-8-14-6-4-5-7-15(14)11-16/h8-11,18-19H,4-7H2,1-3H3. The molecule has 1 atom stereocenters. The Kier molecular flexibility index (Phi) is 3.66. The highest BCUT2D eigenvalue weighted by Crippen LogP contribution is 2.30. The molecule has 0 aliphatic heterocycles. The van der Waals surface area contributed by atoms with Gasteiger partial charge < -0.3 is 9.73 Å². The fraction of sp³-hybridized carbons (Fsp3) is 0.444. The highest BCUT2D eigenvalue weighted by Gasteiger charge is 2.19. The summed E-state index contributed by atoms with van der Waals surface area (Å²) in [5.74, 6) is 2.00. The van der Waals surface area contributed by atoms with Crippen LogP contribution in [-0.2, 0) is 12.8 Å². The first-order valence-corrected chi connectivity index (χ1v) is 7.55. The van der Waals surface area contributed by atoms with E-state index in [4.69, 9.17) is 4.42 Å². The van der Waals surface area contributed by atoms with Crippen LogP contribution in [0.4, 0.5) is 0 Å². The predicted molar refractivity (Wildman–Crippen MR) is 82.2 cm³/mol. The van der Waals surface area contributed by atoms with E-state index in [0.717, 1.165) is 11.5 Å². The van der Waals surface area contributed by atoms with Crippen molar-refractivity contribution in [2.24, 2.45) is 0 Å². The van der Waals surface area contributed by atoms with Gasteiger partial charge in [-0.25, -0.2) is 0 Å². The summed E-state index contributed by atoms with van der Waals surface area (Å²) < 4.78 is 5.69. The first kappa shape index (κ1) is 13.4. The Hall–Kier alpha value is -1.54. The van der Waals surface area contributed by atoms with Crippen LogP contribution in [0.3, 0.4) is 0 Å². The molecule has 0 amide bonds. The average molecular weight is 269 g/mol. The van der Waals surface area contributed by atoms with Crippen molar-refractivity contribution in [1.29, 1.82) is 0 Å². The third kappa shape index (κ3) is 2.40. The van der Waals surface area contributed by atoms with Crippen molar-refractivity contribution in [3.05, 3.63) is 58.0 Å². The Balaban J connectivity index is 1.99. The normalized spacial score (nSPS) is 15.9. The van der Waals surface area contributed by atoms with E-state index in [-0.39, 0.29) is 6.04 Å². The van der Waals surface area contributed by atoms with E-state index >= 15 is 0 Å². The van der Waals surface area contributed by atoms with E-state index in [1.165, 1.54) is 47.9 Å². The van der Waals surface area contributed by atoms with Crippen LogP contribution in [0.25, 0.3) is 0 Å². The van der Waals surface area contributed by atoms with Gasteiger partial charge in [0.05, 0.1) is 6.04 Å². The number of rotatable bonds is 3. The second-order valence-corrected chi connectivity index (χ2v) is 5.83. The fourth-order valence-corrected chi connectivity index (χ4v) is 3.37. The topological polar surface area (TPSA) is 25.2 Å².